The van der Waals surface area contributed by atoms with Crippen LogP contribution in [0, 0.1) is 11.5 Å². The Bertz CT molecular complexity index is 471. The van der Waals surface area contributed by atoms with Gasteiger partial charge in [-0.25, -0.2) is 4.79 Å². The number of cyclic esters (lactones) is 2. The standard InChI is InChI=1S/C13H19F3O4Si/c1-11(2,3)21(4,5)8-6-7-19-12(13(14,15)16)9-18-10(17)20-12/h7,9H2,1-5H3. The maximum Gasteiger partial charge on any atom is 0.511 e. The minimum Gasteiger partial charge on any atom is -0.427 e. The van der Waals surface area contributed by atoms with Gasteiger partial charge in [-0.05, 0) is 5.04 Å². The van der Waals surface area contributed by atoms with Gasteiger partial charge in [0.05, 0.1) is 0 Å². The fourth-order valence-electron chi connectivity index (χ4n) is 1.24. The molecule has 0 spiro atoms. The van der Waals surface area contributed by atoms with Crippen LogP contribution in [0.5, 0.6) is 0 Å². The Balaban J connectivity index is 2.77. The third-order valence-electron chi connectivity index (χ3n) is 3.71. The summed E-state index contributed by atoms with van der Waals surface area (Å²) in [6.07, 6.45) is -6.28. The molecule has 4 nitrogen and oxygen atoms in total. The summed E-state index contributed by atoms with van der Waals surface area (Å²) in [7, 11) is -1.93. The molecule has 0 aromatic heterocycles. The zero-order chi connectivity index (χ0) is 16.5. The summed E-state index contributed by atoms with van der Waals surface area (Å²) in [5, 5.41) is -0.00928. The second kappa shape index (κ2) is 5.53. The summed E-state index contributed by atoms with van der Waals surface area (Å²) in [5.74, 6) is -0.436. The molecule has 1 fully saturated rings. The summed E-state index contributed by atoms with van der Waals surface area (Å²) in [6, 6.07) is 0. The van der Waals surface area contributed by atoms with Gasteiger partial charge in [0.1, 0.15) is 14.7 Å². The number of hydrogen-bond donors (Lipinski definition) is 0. The Morgan fingerprint density at radius 2 is 1.90 bits per heavy atom. The monoisotopic (exact) mass is 324 g/mol. The zero-order valence-electron chi connectivity index (χ0n) is 12.7. The predicted octanol–water partition coefficient (Wildman–Crippen LogP) is 3.48. The summed E-state index contributed by atoms with van der Waals surface area (Å²) in [6.45, 7) is 8.67. The van der Waals surface area contributed by atoms with Crippen LogP contribution in [-0.4, -0.2) is 39.4 Å². The van der Waals surface area contributed by atoms with Crippen LogP contribution in [-0.2, 0) is 14.2 Å². The second-order valence-electron chi connectivity index (χ2n) is 6.36. The molecule has 0 bridgehead atoms. The predicted molar refractivity (Wildman–Crippen MR) is 72.1 cm³/mol. The summed E-state index contributed by atoms with van der Waals surface area (Å²) in [4.78, 5) is 10.8. The molecule has 0 aromatic rings. The van der Waals surface area contributed by atoms with Crippen molar-refractivity contribution in [2.75, 3.05) is 13.2 Å². The van der Waals surface area contributed by atoms with Crippen LogP contribution in [0.3, 0.4) is 0 Å². The third-order valence-corrected chi connectivity index (χ3v) is 8.27. The molecule has 1 aliphatic rings. The third kappa shape index (κ3) is 3.92. The highest BCUT2D eigenvalue weighted by atomic mass is 28.3. The molecular formula is C13H19F3O4Si. The lowest BCUT2D eigenvalue weighted by Gasteiger charge is -2.31. The van der Waals surface area contributed by atoms with E-state index in [-0.39, 0.29) is 5.04 Å². The molecule has 0 aliphatic carbocycles. The van der Waals surface area contributed by atoms with Gasteiger partial charge in [-0.3, -0.25) is 0 Å². The van der Waals surface area contributed by atoms with Gasteiger partial charge in [-0.15, -0.1) is 5.54 Å². The first-order valence-electron chi connectivity index (χ1n) is 6.37. The van der Waals surface area contributed by atoms with Gasteiger partial charge in [0.2, 0.25) is 0 Å². The Kier molecular flexibility index (Phi) is 4.70. The molecule has 1 rings (SSSR count). The SMILES string of the molecule is CC(C)(C)[Si](C)(C)C#CCOC1(C(F)(F)F)COC(=O)O1. The smallest absolute Gasteiger partial charge is 0.427 e. The van der Waals surface area contributed by atoms with E-state index >= 15 is 0 Å². The van der Waals surface area contributed by atoms with Crippen LogP contribution in [0.2, 0.25) is 18.1 Å². The molecule has 0 aromatic carbocycles. The average Bonchev–Trinajstić information content (AvgIpc) is 2.65. The van der Waals surface area contributed by atoms with Gasteiger partial charge >= 0.3 is 18.1 Å². The molecule has 1 aliphatic heterocycles. The van der Waals surface area contributed by atoms with Crippen molar-refractivity contribution in [3.8, 4) is 11.5 Å². The van der Waals surface area contributed by atoms with Crippen molar-refractivity contribution in [3.05, 3.63) is 0 Å². The van der Waals surface area contributed by atoms with Crippen molar-refractivity contribution in [1.82, 2.24) is 0 Å². The van der Waals surface area contributed by atoms with Gasteiger partial charge < -0.3 is 14.2 Å². The van der Waals surface area contributed by atoms with E-state index in [4.69, 9.17) is 0 Å². The maximum absolute atomic E-state index is 12.9. The van der Waals surface area contributed by atoms with E-state index in [9.17, 15) is 18.0 Å². The molecule has 1 unspecified atom stereocenters. The van der Waals surface area contributed by atoms with Gasteiger partial charge in [-0.1, -0.05) is 39.8 Å². The number of rotatable bonds is 2. The van der Waals surface area contributed by atoms with Gasteiger partial charge in [0, 0.05) is 0 Å². The van der Waals surface area contributed by atoms with Crippen LogP contribution >= 0.6 is 0 Å². The van der Waals surface area contributed by atoms with E-state index in [2.05, 4.69) is 25.7 Å². The molecule has 0 saturated carbocycles. The normalized spacial score (nSPS) is 23.1. The molecule has 0 radical (unpaired) electrons. The van der Waals surface area contributed by atoms with E-state index in [1.807, 2.05) is 33.9 Å². The van der Waals surface area contributed by atoms with Gasteiger partial charge in [0.25, 0.3) is 0 Å². The molecular weight excluding hydrogens is 305 g/mol. The highest BCUT2D eigenvalue weighted by molar-refractivity contribution is 6.87. The lowest BCUT2D eigenvalue weighted by atomic mass is 10.2. The highest BCUT2D eigenvalue weighted by Crippen LogP contribution is 2.39. The molecule has 8 heteroatoms. The number of halogens is 3. The van der Waals surface area contributed by atoms with Crippen molar-refractivity contribution >= 4 is 14.2 Å². The lowest BCUT2D eigenvalue weighted by molar-refractivity contribution is -0.346. The Labute approximate surface area is 122 Å². The number of carbonyl (C=O) groups is 1. The second-order valence-corrected chi connectivity index (χ2v) is 11.4. The Morgan fingerprint density at radius 3 is 2.29 bits per heavy atom. The van der Waals surface area contributed by atoms with Crippen LogP contribution in [0.25, 0.3) is 0 Å². The van der Waals surface area contributed by atoms with E-state index < -0.39 is 39.4 Å². The molecule has 0 amide bonds. The van der Waals surface area contributed by atoms with E-state index in [0.717, 1.165) is 0 Å². The van der Waals surface area contributed by atoms with Crippen molar-refractivity contribution in [1.29, 1.82) is 0 Å². The number of ether oxygens (including phenoxy) is 3. The average molecular weight is 324 g/mol. The molecule has 0 N–H and O–H groups in total. The number of hydrogen-bond acceptors (Lipinski definition) is 4. The lowest BCUT2D eigenvalue weighted by Crippen LogP contribution is -2.50. The quantitative estimate of drug-likeness (QED) is 0.443. The van der Waals surface area contributed by atoms with Crippen LogP contribution in [0.15, 0.2) is 0 Å². The molecule has 1 heterocycles. The maximum atomic E-state index is 12.9. The van der Waals surface area contributed by atoms with E-state index in [1.165, 1.54) is 0 Å². The first-order valence-corrected chi connectivity index (χ1v) is 9.37. The Hall–Kier alpha value is -1.20. The highest BCUT2D eigenvalue weighted by Gasteiger charge is 2.64. The minimum atomic E-state index is -4.88. The zero-order valence-corrected chi connectivity index (χ0v) is 13.7. The number of alkyl halides is 3. The van der Waals surface area contributed by atoms with Crippen LogP contribution in [0.1, 0.15) is 20.8 Å². The van der Waals surface area contributed by atoms with Crippen LogP contribution < -0.4 is 0 Å². The summed E-state index contributed by atoms with van der Waals surface area (Å²) >= 11 is 0. The molecule has 120 valence electrons. The fraction of sp³-hybridized carbons (Fsp3) is 0.769. The van der Waals surface area contributed by atoms with Crippen molar-refractivity contribution in [2.45, 2.75) is 50.9 Å². The number of carbonyl (C=O) groups excluding carboxylic acids is 1. The minimum absolute atomic E-state index is 0.00928. The van der Waals surface area contributed by atoms with Crippen LogP contribution in [0.4, 0.5) is 18.0 Å². The molecule has 1 atom stereocenters. The van der Waals surface area contributed by atoms with Gasteiger partial charge in [-0.2, -0.15) is 13.2 Å². The fourth-order valence-corrected chi connectivity index (χ4v) is 2.13. The molecule has 21 heavy (non-hydrogen) atoms. The first-order chi connectivity index (χ1) is 9.31. The largest absolute Gasteiger partial charge is 0.511 e. The summed E-state index contributed by atoms with van der Waals surface area (Å²) < 4.78 is 51.8. The van der Waals surface area contributed by atoms with Crippen molar-refractivity contribution < 1.29 is 32.2 Å². The topological polar surface area (TPSA) is 44.8 Å². The van der Waals surface area contributed by atoms with Gasteiger partial charge in [0.15, 0.2) is 6.61 Å². The van der Waals surface area contributed by atoms with Crippen molar-refractivity contribution in [2.24, 2.45) is 0 Å². The molecule has 1 saturated heterocycles. The van der Waals surface area contributed by atoms with E-state index in [1.54, 1.807) is 0 Å². The van der Waals surface area contributed by atoms with Crippen molar-refractivity contribution in [3.63, 3.8) is 0 Å². The summed E-state index contributed by atoms with van der Waals surface area (Å²) in [5.41, 5.74) is 3.02. The Morgan fingerprint density at radius 1 is 1.33 bits per heavy atom. The first kappa shape index (κ1) is 17.8. The van der Waals surface area contributed by atoms with E-state index in [0.29, 0.717) is 0 Å².